The first-order valence-corrected chi connectivity index (χ1v) is 12.9. The molecule has 1 nitrogen and oxygen atoms in total. The van der Waals surface area contributed by atoms with E-state index in [0.717, 1.165) is 24.0 Å². The number of aryl methyl sites for hydroxylation is 3. The van der Waals surface area contributed by atoms with Gasteiger partial charge >= 0.3 is 6.61 Å². The normalized spacial score (nSPS) is 11.2. The number of benzene rings is 3. The van der Waals surface area contributed by atoms with E-state index in [1.807, 2.05) is 12.1 Å². The van der Waals surface area contributed by atoms with Gasteiger partial charge in [-0.2, -0.15) is 8.78 Å². The molecular weight excluding hydrogens is 426 g/mol. The lowest BCUT2D eigenvalue weighted by molar-refractivity contribution is -0.0498. The molecular formula is C31H38F2O. The van der Waals surface area contributed by atoms with Crippen LogP contribution in [0, 0.1) is 0 Å². The molecule has 0 fully saturated rings. The molecule has 3 heteroatoms. The fourth-order valence-electron chi connectivity index (χ4n) is 4.32. The van der Waals surface area contributed by atoms with E-state index in [1.165, 1.54) is 74.5 Å². The third kappa shape index (κ3) is 9.29. The van der Waals surface area contributed by atoms with Crippen molar-refractivity contribution < 1.29 is 13.5 Å². The van der Waals surface area contributed by atoms with Crippen LogP contribution in [-0.2, 0) is 19.3 Å². The Bertz CT molecular complexity index is 931. The van der Waals surface area contributed by atoms with E-state index in [4.69, 9.17) is 0 Å². The molecule has 0 radical (unpaired) electrons. The van der Waals surface area contributed by atoms with Crippen molar-refractivity contribution in [2.45, 2.75) is 84.2 Å². The van der Waals surface area contributed by atoms with Gasteiger partial charge < -0.3 is 4.74 Å². The Morgan fingerprint density at radius 3 is 1.44 bits per heavy atom. The smallest absolute Gasteiger partial charge is 0.387 e. The van der Waals surface area contributed by atoms with Crippen LogP contribution in [0.2, 0.25) is 0 Å². The molecule has 0 unspecified atom stereocenters. The van der Waals surface area contributed by atoms with Gasteiger partial charge in [0, 0.05) is 0 Å². The van der Waals surface area contributed by atoms with Crippen molar-refractivity contribution in [2.75, 3.05) is 0 Å². The summed E-state index contributed by atoms with van der Waals surface area (Å²) in [6, 6.07) is 24.4. The second-order valence-corrected chi connectivity index (χ2v) is 9.14. The fourth-order valence-corrected chi connectivity index (χ4v) is 4.32. The molecule has 0 saturated heterocycles. The van der Waals surface area contributed by atoms with Gasteiger partial charge in [0.15, 0.2) is 0 Å². The van der Waals surface area contributed by atoms with E-state index >= 15 is 0 Å². The number of unbranched alkanes of at least 4 members (excludes halogenated alkanes) is 7. The Morgan fingerprint density at radius 2 is 0.941 bits per heavy atom. The minimum Gasteiger partial charge on any atom is -0.435 e. The summed E-state index contributed by atoms with van der Waals surface area (Å²) in [6.07, 6.45) is 14.1. The molecule has 0 N–H and O–H groups in total. The van der Waals surface area contributed by atoms with E-state index in [0.29, 0.717) is 0 Å². The summed E-state index contributed by atoms with van der Waals surface area (Å²) in [4.78, 5) is 0. The summed E-state index contributed by atoms with van der Waals surface area (Å²) in [5, 5.41) is 0. The van der Waals surface area contributed by atoms with Gasteiger partial charge in [-0.05, 0) is 65.6 Å². The maximum atomic E-state index is 12.3. The first-order valence-electron chi connectivity index (χ1n) is 12.9. The van der Waals surface area contributed by atoms with Crippen molar-refractivity contribution in [3.63, 3.8) is 0 Å². The summed E-state index contributed by atoms with van der Waals surface area (Å²) in [5.74, 6) is 0.180. The first kappa shape index (κ1) is 25.9. The molecule has 0 atom stereocenters. The average Bonchev–Trinajstić information content (AvgIpc) is 2.85. The molecule has 34 heavy (non-hydrogen) atoms. The number of rotatable bonds is 15. The number of hydrogen-bond acceptors (Lipinski definition) is 1. The molecule has 0 aliphatic carbocycles. The lowest BCUT2D eigenvalue weighted by Crippen LogP contribution is -2.01. The first-order chi connectivity index (χ1) is 16.6. The fraction of sp³-hybridized carbons (Fsp3) is 0.419. The SMILES string of the molecule is CCCCCCCCCCc1ccc(CCc2ccc(-c3ccc(OC(F)F)cc3)cc2)cc1. The highest BCUT2D eigenvalue weighted by Gasteiger charge is 2.05. The minimum absolute atomic E-state index is 0.180. The van der Waals surface area contributed by atoms with Crippen molar-refractivity contribution in [2.24, 2.45) is 0 Å². The van der Waals surface area contributed by atoms with Crippen LogP contribution >= 0.6 is 0 Å². The predicted octanol–water partition coefficient (Wildman–Crippen LogP) is 9.42. The molecule has 0 bridgehead atoms. The number of ether oxygens (including phenoxy) is 1. The van der Waals surface area contributed by atoms with Gasteiger partial charge in [-0.25, -0.2) is 0 Å². The van der Waals surface area contributed by atoms with Gasteiger partial charge in [0.1, 0.15) is 5.75 Å². The van der Waals surface area contributed by atoms with E-state index in [-0.39, 0.29) is 5.75 Å². The summed E-state index contributed by atoms with van der Waals surface area (Å²) < 4.78 is 29.0. The summed E-state index contributed by atoms with van der Waals surface area (Å²) in [7, 11) is 0. The van der Waals surface area contributed by atoms with Crippen molar-refractivity contribution in [3.8, 4) is 16.9 Å². The van der Waals surface area contributed by atoms with Crippen molar-refractivity contribution >= 4 is 0 Å². The maximum absolute atomic E-state index is 12.3. The molecule has 0 aliphatic rings. The lowest BCUT2D eigenvalue weighted by Gasteiger charge is -2.08. The molecule has 3 aromatic carbocycles. The van der Waals surface area contributed by atoms with E-state index in [2.05, 4.69) is 60.2 Å². The van der Waals surface area contributed by atoms with Crippen molar-refractivity contribution in [1.82, 2.24) is 0 Å². The summed E-state index contributed by atoms with van der Waals surface area (Å²) >= 11 is 0. The van der Waals surface area contributed by atoms with Gasteiger partial charge in [0.05, 0.1) is 0 Å². The van der Waals surface area contributed by atoms with Crippen molar-refractivity contribution in [1.29, 1.82) is 0 Å². The van der Waals surface area contributed by atoms with Crippen LogP contribution in [0.25, 0.3) is 11.1 Å². The highest BCUT2D eigenvalue weighted by atomic mass is 19.3. The topological polar surface area (TPSA) is 9.23 Å². The third-order valence-electron chi connectivity index (χ3n) is 6.41. The Morgan fingerprint density at radius 1 is 0.529 bits per heavy atom. The molecule has 0 heterocycles. The van der Waals surface area contributed by atoms with Crippen LogP contribution in [0.4, 0.5) is 8.78 Å². The molecule has 182 valence electrons. The van der Waals surface area contributed by atoms with E-state index < -0.39 is 6.61 Å². The van der Waals surface area contributed by atoms with Crippen LogP contribution in [0.1, 0.15) is 75.0 Å². The van der Waals surface area contributed by atoms with Crippen LogP contribution in [0.15, 0.2) is 72.8 Å². The molecule has 0 spiro atoms. The lowest BCUT2D eigenvalue weighted by atomic mass is 9.99. The number of halogens is 2. The van der Waals surface area contributed by atoms with E-state index in [1.54, 1.807) is 12.1 Å². The monoisotopic (exact) mass is 464 g/mol. The average molecular weight is 465 g/mol. The molecule has 3 aromatic rings. The quantitative estimate of drug-likeness (QED) is 0.204. The Hall–Kier alpha value is -2.68. The van der Waals surface area contributed by atoms with Crippen LogP contribution in [0.5, 0.6) is 5.75 Å². The van der Waals surface area contributed by atoms with Gasteiger partial charge in [-0.3, -0.25) is 0 Å². The van der Waals surface area contributed by atoms with Crippen molar-refractivity contribution in [3.05, 3.63) is 89.5 Å². The zero-order valence-electron chi connectivity index (χ0n) is 20.4. The van der Waals surface area contributed by atoms with Gasteiger partial charge in [-0.1, -0.05) is 113 Å². The van der Waals surface area contributed by atoms with Crippen LogP contribution < -0.4 is 4.74 Å². The molecule has 3 rings (SSSR count). The standard InChI is InChI=1S/C31H38F2O/c1-2-3-4-5-6-7-8-9-10-25-11-13-26(14-12-25)15-16-27-17-19-28(20-18-27)29-21-23-30(24-22-29)34-31(32)33/h11-14,17-24,31H,2-10,15-16H2,1H3. The Kier molecular flexibility index (Phi) is 11.1. The zero-order chi connectivity index (χ0) is 24.0. The van der Waals surface area contributed by atoms with Gasteiger partial charge in [-0.15, -0.1) is 0 Å². The van der Waals surface area contributed by atoms with Crippen LogP contribution in [0.3, 0.4) is 0 Å². The molecule has 0 amide bonds. The minimum atomic E-state index is -2.80. The van der Waals surface area contributed by atoms with Gasteiger partial charge in [0.2, 0.25) is 0 Å². The number of hydrogen-bond donors (Lipinski definition) is 0. The maximum Gasteiger partial charge on any atom is 0.387 e. The molecule has 0 saturated carbocycles. The van der Waals surface area contributed by atoms with Crippen LogP contribution in [-0.4, -0.2) is 6.61 Å². The summed E-state index contributed by atoms with van der Waals surface area (Å²) in [6.45, 7) is -0.526. The Labute approximate surface area is 204 Å². The third-order valence-corrected chi connectivity index (χ3v) is 6.41. The van der Waals surface area contributed by atoms with Gasteiger partial charge in [0.25, 0.3) is 0 Å². The summed E-state index contributed by atoms with van der Waals surface area (Å²) in [5.41, 5.74) is 6.17. The second kappa shape index (κ2) is 14.6. The largest absolute Gasteiger partial charge is 0.435 e. The number of alkyl halides is 2. The Balaban J connectivity index is 1.38. The highest BCUT2D eigenvalue weighted by molar-refractivity contribution is 5.64. The highest BCUT2D eigenvalue weighted by Crippen LogP contribution is 2.24. The molecule has 0 aromatic heterocycles. The zero-order valence-corrected chi connectivity index (χ0v) is 20.4. The van der Waals surface area contributed by atoms with E-state index in [9.17, 15) is 8.78 Å². The second-order valence-electron chi connectivity index (χ2n) is 9.14. The predicted molar refractivity (Wildman–Crippen MR) is 139 cm³/mol. The molecule has 0 aliphatic heterocycles.